The Hall–Kier alpha value is -0.753. The van der Waals surface area contributed by atoms with Gasteiger partial charge in [0.15, 0.2) is 0 Å². The predicted octanol–water partition coefficient (Wildman–Crippen LogP) is 5.00. The molecule has 0 aromatic heterocycles. The summed E-state index contributed by atoms with van der Waals surface area (Å²) in [6.45, 7) is 13.4. The third-order valence-electron chi connectivity index (χ3n) is 4.39. The maximum atomic E-state index is 9.38. The smallest absolute Gasteiger partial charge is 0.250 e. The van der Waals surface area contributed by atoms with E-state index in [2.05, 4.69) is 46.9 Å². The number of hydrogen-bond acceptors (Lipinski definition) is 2. The van der Waals surface area contributed by atoms with E-state index in [1.165, 1.54) is 6.42 Å². The molecule has 0 spiro atoms. The van der Waals surface area contributed by atoms with Crippen molar-refractivity contribution >= 4 is 8.32 Å². The molecule has 0 saturated carbocycles. The Balaban J connectivity index is 3.02. The standard InChI is InChI=1S/C15H27NOSi/c1-12-9-7-8-10-14(13(12)11-16)17-18(5,6)15(2,3)4/h12H,7-10H2,1-6H3. The predicted molar refractivity (Wildman–Crippen MR) is 78.6 cm³/mol. The highest BCUT2D eigenvalue weighted by Gasteiger charge is 2.40. The molecule has 1 aliphatic rings. The molecule has 1 unspecified atom stereocenters. The maximum absolute atomic E-state index is 9.38. The first-order valence-corrected chi connectivity index (χ1v) is 9.92. The second kappa shape index (κ2) is 5.48. The van der Waals surface area contributed by atoms with Crippen molar-refractivity contribution in [1.29, 1.82) is 5.26 Å². The molecule has 0 fully saturated rings. The second-order valence-corrected chi connectivity index (χ2v) is 11.7. The monoisotopic (exact) mass is 265 g/mol. The zero-order valence-electron chi connectivity index (χ0n) is 12.8. The van der Waals surface area contributed by atoms with Gasteiger partial charge in [0.25, 0.3) is 0 Å². The van der Waals surface area contributed by atoms with Crippen molar-refractivity contribution in [2.45, 2.75) is 71.5 Å². The van der Waals surface area contributed by atoms with Gasteiger partial charge >= 0.3 is 0 Å². The number of hydrogen-bond donors (Lipinski definition) is 0. The van der Waals surface area contributed by atoms with Crippen molar-refractivity contribution in [3.8, 4) is 6.07 Å². The summed E-state index contributed by atoms with van der Waals surface area (Å²) in [4.78, 5) is 0. The van der Waals surface area contributed by atoms with Crippen LogP contribution in [-0.4, -0.2) is 8.32 Å². The van der Waals surface area contributed by atoms with Crippen LogP contribution in [0.2, 0.25) is 18.1 Å². The largest absolute Gasteiger partial charge is 0.546 e. The molecule has 0 aromatic carbocycles. The SMILES string of the molecule is CC1CCCCC(O[Si](C)(C)C(C)(C)C)=C1C#N. The van der Waals surface area contributed by atoms with Gasteiger partial charge in [-0.2, -0.15) is 5.26 Å². The van der Waals surface area contributed by atoms with Gasteiger partial charge < -0.3 is 4.43 Å². The zero-order chi connectivity index (χ0) is 14.0. The molecule has 0 saturated heterocycles. The van der Waals surface area contributed by atoms with E-state index in [0.717, 1.165) is 30.6 Å². The van der Waals surface area contributed by atoms with E-state index in [1.54, 1.807) is 0 Å². The Bertz CT molecular complexity index is 371. The molecule has 0 amide bonds. The van der Waals surface area contributed by atoms with Crippen molar-refractivity contribution in [3.63, 3.8) is 0 Å². The normalized spacial score (nSPS) is 22.4. The average Bonchev–Trinajstić information content (AvgIpc) is 2.38. The lowest BCUT2D eigenvalue weighted by molar-refractivity contribution is 0.360. The Kier molecular flexibility index (Phi) is 4.66. The molecular weight excluding hydrogens is 238 g/mol. The van der Waals surface area contributed by atoms with Gasteiger partial charge in [0.1, 0.15) is 0 Å². The summed E-state index contributed by atoms with van der Waals surface area (Å²) >= 11 is 0. The van der Waals surface area contributed by atoms with E-state index in [1.807, 2.05) is 0 Å². The Labute approximate surface area is 113 Å². The second-order valence-electron chi connectivity index (χ2n) is 6.96. The van der Waals surface area contributed by atoms with E-state index in [0.29, 0.717) is 5.92 Å². The molecule has 18 heavy (non-hydrogen) atoms. The molecule has 1 rings (SSSR count). The topological polar surface area (TPSA) is 33.0 Å². The first-order chi connectivity index (χ1) is 8.19. The fourth-order valence-electron chi connectivity index (χ4n) is 2.03. The van der Waals surface area contributed by atoms with Gasteiger partial charge in [-0.15, -0.1) is 0 Å². The fraction of sp³-hybridized carbons (Fsp3) is 0.800. The van der Waals surface area contributed by atoms with Crippen LogP contribution in [0.25, 0.3) is 0 Å². The lowest BCUT2D eigenvalue weighted by Gasteiger charge is -2.37. The molecule has 0 aromatic rings. The van der Waals surface area contributed by atoms with E-state index >= 15 is 0 Å². The first-order valence-electron chi connectivity index (χ1n) is 7.01. The average molecular weight is 265 g/mol. The lowest BCUT2D eigenvalue weighted by atomic mass is 9.98. The van der Waals surface area contributed by atoms with Crippen LogP contribution in [0.5, 0.6) is 0 Å². The molecular formula is C15H27NOSi. The molecule has 2 nitrogen and oxygen atoms in total. The molecule has 0 bridgehead atoms. The van der Waals surface area contributed by atoms with Crippen LogP contribution in [0.4, 0.5) is 0 Å². The summed E-state index contributed by atoms with van der Waals surface area (Å²) in [5, 5.41) is 9.57. The minimum absolute atomic E-state index is 0.191. The molecule has 1 atom stereocenters. The molecule has 0 heterocycles. The molecule has 102 valence electrons. The Morgan fingerprint density at radius 2 is 1.89 bits per heavy atom. The maximum Gasteiger partial charge on any atom is 0.250 e. The van der Waals surface area contributed by atoms with Gasteiger partial charge in [-0.25, -0.2) is 0 Å². The Morgan fingerprint density at radius 1 is 1.28 bits per heavy atom. The quantitative estimate of drug-likeness (QED) is 0.658. The van der Waals surface area contributed by atoms with Crippen LogP contribution in [0.1, 0.15) is 53.4 Å². The van der Waals surface area contributed by atoms with Gasteiger partial charge in [0.05, 0.1) is 17.4 Å². The lowest BCUT2D eigenvalue weighted by Crippen LogP contribution is -2.40. The van der Waals surface area contributed by atoms with E-state index in [9.17, 15) is 5.26 Å². The summed E-state index contributed by atoms with van der Waals surface area (Å²) in [5.41, 5.74) is 0.900. The van der Waals surface area contributed by atoms with Gasteiger partial charge in [0, 0.05) is 6.42 Å². The van der Waals surface area contributed by atoms with Crippen molar-refractivity contribution in [1.82, 2.24) is 0 Å². The molecule has 0 N–H and O–H groups in total. The van der Waals surface area contributed by atoms with Crippen LogP contribution in [0, 0.1) is 17.2 Å². The van der Waals surface area contributed by atoms with E-state index < -0.39 is 8.32 Å². The van der Waals surface area contributed by atoms with Gasteiger partial charge in [-0.3, -0.25) is 0 Å². The van der Waals surface area contributed by atoms with Crippen molar-refractivity contribution in [2.75, 3.05) is 0 Å². The number of nitrogens with zero attached hydrogens (tertiary/aromatic N) is 1. The number of rotatable bonds is 2. The van der Waals surface area contributed by atoms with Crippen molar-refractivity contribution < 1.29 is 4.43 Å². The molecule has 0 radical (unpaired) electrons. The van der Waals surface area contributed by atoms with E-state index in [4.69, 9.17) is 4.43 Å². The zero-order valence-corrected chi connectivity index (χ0v) is 13.8. The summed E-state index contributed by atoms with van der Waals surface area (Å²) in [6, 6.07) is 2.39. The fourth-order valence-corrected chi connectivity index (χ4v) is 3.16. The Morgan fingerprint density at radius 3 is 2.39 bits per heavy atom. The van der Waals surface area contributed by atoms with Crippen molar-refractivity contribution in [3.05, 3.63) is 11.3 Å². The highest BCUT2D eigenvalue weighted by Crippen LogP contribution is 2.40. The van der Waals surface area contributed by atoms with Crippen molar-refractivity contribution in [2.24, 2.45) is 5.92 Å². The van der Waals surface area contributed by atoms with Crippen LogP contribution in [0.3, 0.4) is 0 Å². The molecule has 1 aliphatic carbocycles. The number of allylic oxidation sites excluding steroid dienone is 2. The van der Waals surface area contributed by atoms with Gasteiger partial charge in [-0.1, -0.05) is 34.1 Å². The minimum Gasteiger partial charge on any atom is -0.546 e. The van der Waals surface area contributed by atoms with Crippen LogP contribution in [-0.2, 0) is 4.43 Å². The van der Waals surface area contributed by atoms with Gasteiger partial charge in [-0.05, 0) is 36.9 Å². The summed E-state index contributed by atoms with van der Waals surface area (Å²) in [7, 11) is -1.81. The summed E-state index contributed by atoms with van der Waals surface area (Å²) < 4.78 is 6.39. The van der Waals surface area contributed by atoms with Gasteiger partial charge in [0.2, 0.25) is 8.32 Å². The molecule has 0 aliphatic heterocycles. The van der Waals surface area contributed by atoms with Crippen LogP contribution >= 0.6 is 0 Å². The highest BCUT2D eigenvalue weighted by molar-refractivity contribution is 6.74. The number of nitriles is 1. The summed E-state index contributed by atoms with van der Waals surface area (Å²) in [6.07, 6.45) is 4.42. The third kappa shape index (κ3) is 3.38. The highest BCUT2D eigenvalue weighted by atomic mass is 28.4. The summed E-state index contributed by atoms with van der Waals surface area (Å²) in [5.74, 6) is 1.35. The first kappa shape index (κ1) is 15.3. The van der Waals surface area contributed by atoms with E-state index in [-0.39, 0.29) is 5.04 Å². The third-order valence-corrected chi connectivity index (χ3v) is 8.76. The van der Waals surface area contributed by atoms with Crippen LogP contribution < -0.4 is 0 Å². The molecule has 3 heteroatoms. The van der Waals surface area contributed by atoms with Crippen LogP contribution in [0.15, 0.2) is 11.3 Å². The minimum atomic E-state index is -1.81.